The minimum absolute atomic E-state index is 0.0300. The van der Waals surface area contributed by atoms with E-state index < -0.39 is 11.7 Å². The zero-order valence-electron chi connectivity index (χ0n) is 13.7. The van der Waals surface area contributed by atoms with Gasteiger partial charge >= 0.3 is 0 Å². The van der Waals surface area contributed by atoms with Crippen molar-refractivity contribution in [1.82, 2.24) is 15.1 Å². The van der Waals surface area contributed by atoms with Crippen LogP contribution in [0.5, 0.6) is 0 Å². The van der Waals surface area contributed by atoms with Crippen LogP contribution in [-0.4, -0.2) is 22.2 Å². The van der Waals surface area contributed by atoms with Crippen LogP contribution in [0.2, 0.25) is 0 Å². The number of amides is 1. The minimum atomic E-state index is -0.530. The van der Waals surface area contributed by atoms with E-state index in [0.717, 1.165) is 16.9 Å². The molecular weight excluding hydrogens is 324 g/mol. The van der Waals surface area contributed by atoms with Gasteiger partial charge in [-0.1, -0.05) is 6.07 Å². The number of nitrogens with zero attached hydrogens (tertiary/aromatic N) is 2. The molecule has 0 unspecified atom stereocenters. The summed E-state index contributed by atoms with van der Waals surface area (Å²) < 4.78 is 28.3. The number of carbonyl (C=O) groups is 1. The molecule has 128 valence electrons. The second-order valence-electron chi connectivity index (χ2n) is 5.72. The van der Waals surface area contributed by atoms with Gasteiger partial charge in [0.1, 0.15) is 11.6 Å². The summed E-state index contributed by atoms with van der Waals surface area (Å²) in [5.41, 5.74) is 2.32. The molecular formula is C19H17F2N3O. The highest BCUT2D eigenvalue weighted by atomic mass is 19.1. The Kier molecular flexibility index (Phi) is 4.88. The fourth-order valence-corrected chi connectivity index (χ4v) is 2.44. The van der Waals surface area contributed by atoms with E-state index in [1.165, 1.54) is 24.3 Å². The number of halogens is 2. The van der Waals surface area contributed by atoms with Gasteiger partial charge in [0.15, 0.2) is 0 Å². The molecule has 0 aliphatic carbocycles. The molecule has 0 saturated carbocycles. The zero-order chi connectivity index (χ0) is 17.8. The summed E-state index contributed by atoms with van der Waals surface area (Å²) in [6.07, 6.45) is 2.28. The van der Waals surface area contributed by atoms with E-state index in [-0.39, 0.29) is 11.4 Å². The zero-order valence-corrected chi connectivity index (χ0v) is 13.7. The van der Waals surface area contributed by atoms with Crippen LogP contribution in [-0.2, 0) is 6.42 Å². The third-order valence-electron chi connectivity index (χ3n) is 3.77. The molecule has 25 heavy (non-hydrogen) atoms. The summed E-state index contributed by atoms with van der Waals surface area (Å²) in [6.45, 7) is 2.11. The second kappa shape index (κ2) is 7.25. The highest BCUT2D eigenvalue weighted by molar-refractivity contribution is 5.94. The van der Waals surface area contributed by atoms with Crippen molar-refractivity contribution < 1.29 is 13.6 Å². The number of aromatic nitrogens is 2. The lowest BCUT2D eigenvalue weighted by Crippen LogP contribution is -2.26. The summed E-state index contributed by atoms with van der Waals surface area (Å²) in [5, 5.41) is 7.06. The first kappa shape index (κ1) is 16.8. The topological polar surface area (TPSA) is 46.9 Å². The Balaban J connectivity index is 1.57. The smallest absolute Gasteiger partial charge is 0.254 e. The molecule has 3 rings (SSSR count). The number of carbonyl (C=O) groups excluding carboxylic acids is 1. The van der Waals surface area contributed by atoms with Crippen LogP contribution in [0.25, 0.3) is 5.69 Å². The van der Waals surface area contributed by atoms with Gasteiger partial charge in [-0.05, 0) is 55.0 Å². The van der Waals surface area contributed by atoms with Crippen molar-refractivity contribution in [3.05, 3.63) is 83.2 Å². The number of rotatable bonds is 5. The molecule has 0 aliphatic rings. The lowest BCUT2D eigenvalue weighted by Gasteiger charge is -2.06. The minimum Gasteiger partial charge on any atom is -0.352 e. The fraction of sp³-hybridized carbons (Fsp3) is 0.158. The average molecular weight is 341 g/mol. The van der Waals surface area contributed by atoms with Crippen LogP contribution in [0.15, 0.2) is 54.7 Å². The van der Waals surface area contributed by atoms with Crippen LogP contribution >= 0.6 is 0 Å². The molecule has 1 amide bonds. The van der Waals surface area contributed by atoms with E-state index in [1.54, 1.807) is 36.0 Å². The SMILES string of the molecule is Cc1ccc(C(=O)NCCc2ccn(-c3ccc(F)cc3)n2)c(F)c1. The lowest BCUT2D eigenvalue weighted by atomic mass is 10.1. The van der Waals surface area contributed by atoms with Gasteiger partial charge < -0.3 is 5.32 Å². The summed E-state index contributed by atoms with van der Waals surface area (Å²) in [4.78, 5) is 12.0. The number of aryl methyl sites for hydroxylation is 1. The van der Waals surface area contributed by atoms with E-state index >= 15 is 0 Å². The summed E-state index contributed by atoms with van der Waals surface area (Å²) in [6, 6.07) is 12.3. The number of hydrogen-bond donors (Lipinski definition) is 1. The average Bonchev–Trinajstić information content (AvgIpc) is 3.04. The molecule has 0 aliphatic heterocycles. The molecule has 0 bridgehead atoms. The van der Waals surface area contributed by atoms with E-state index in [1.807, 2.05) is 6.07 Å². The quantitative estimate of drug-likeness (QED) is 0.773. The largest absolute Gasteiger partial charge is 0.352 e. The van der Waals surface area contributed by atoms with Gasteiger partial charge in [0.25, 0.3) is 5.91 Å². The van der Waals surface area contributed by atoms with Crippen LogP contribution < -0.4 is 5.32 Å². The third kappa shape index (κ3) is 4.09. The summed E-state index contributed by atoms with van der Waals surface area (Å²) in [7, 11) is 0. The Morgan fingerprint density at radius 1 is 1.12 bits per heavy atom. The Hall–Kier alpha value is -3.02. The normalized spacial score (nSPS) is 10.7. The molecule has 0 spiro atoms. The first-order valence-electron chi connectivity index (χ1n) is 7.88. The maximum absolute atomic E-state index is 13.8. The van der Waals surface area contributed by atoms with E-state index in [4.69, 9.17) is 0 Å². The van der Waals surface area contributed by atoms with Gasteiger partial charge in [0.2, 0.25) is 0 Å². The molecule has 6 heteroatoms. The second-order valence-corrected chi connectivity index (χ2v) is 5.72. The van der Waals surface area contributed by atoms with Gasteiger partial charge in [-0.25, -0.2) is 13.5 Å². The molecule has 1 N–H and O–H groups in total. The molecule has 0 atom stereocenters. The molecule has 3 aromatic rings. The molecule has 0 saturated heterocycles. The molecule has 0 fully saturated rings. The van der Waals surface area contributed by atoms with Gasteiger partial charge in [-0.3, -0.25) is 4.79 Å². The third-order valence-corrected chi connectivity index (χ3v) is 3.77. The van der Waals surface area contributed by atoms with Crippen molar-refractivity contribution in [1.29, 1.82) is 0 Å². The fourth-order valence-electron chi connectivity index (χ4n) is 2.44. The Morgan fingerprint density at radius 3 is 2.60 bits per heavy atom. The molecule has 1 heterocycles. The van der Waals surface area contributed by atoms with Crippen molar-refractivity contribution in [3.63, 3.8) is 0 Å². The maximum Gasteiger partial charge on any atom is 0.254 e. The van der Waals surface area contributed by atoms with Gasteiger partial charge in [0.05, 0.1) is 16.9 Å². The monoisotopic (exact) mass is 341 g/mol. The van der Waals surface area contributed by atoms with Crippen LogP contribution in [0, 0.1) is 18.6 Å². The predicted octanol–water partition coefficient (Wildman–Crippen LogP) is 3.43. The molecule has 1 aromatic heterocycles. The number of nitrogens with one attached hydrogen (secondary N) is 1. The first-order valence-corrected chi connectivity index (χ1v) is 7.88. The van der Waals surface area contributed by atoms with E-state index in [2.05, 4.69) is 10.4 Å². The summed E-state index contributed by atoms with van der Waals surface area (Å²) in [5.74, 6) is -1.28. The van der Waals surface area contributed by atoms with Gasteiger partial charge in [0, 0.05) is 19.2 Å². The van der Waals surface area contributed by atoms with E-state index in [0.29, 0.717) is 13.0 Å². The van der Waals surface area contributed by atoms with Crippen LogP contribution in [0.3, 0.4) is 0 Å². The highest BCUT2D eigenvalue weighted by Gasteiger charge is 2.11. The lowest BCUT2D eigenvalue weighted by molar-refractivity contribution is 0.0950. The highest BCUT2D eigenvalue weighted by Crippen LogP contribution is 2.11. The van der Waals surface area contributed by atoms with Crippen molar-refractivity contribution in [2.75, 3.05) is 6.54 Å². The van der Waals surface area contributed by atoms with E-state index in [9.17, 15) is 13.6 Å². The van der Waals surface area contributed by atoms with Gasteiger partial charge in [-0.15, -0.1) is 0 Å². The Morgan fingerprint density at radius 2 is 1.88 bits per heavy atom. The Bertz CT molecular complexity index is 888. The van der Waals surface area contributed by atoms with Crippen molar-refractivity contribution in [2.45, 2.75) is 13.3 Å². The maximum atomic E-state index is 13.8. The first-order chi connectivity index (χ1) is 12.0. The van der Waals surface area contributed by atoms with Crippen molar-refractivity contribution in [3.8, 4) is 5.69 Å². The van der Waals surface area contributed by atoms with Crippen molar-refractivity contribution >= 4 is 5.91 Å². The Labute approximate surface area is 144 Å². The number of hydrogen-bond acceptors (Lipinski definition) is 2. The van der Waals surface area contributed by atoms with Gasteiger partial charge in [-0.2, -0.15) is 5.10 Å². The molecule has 4 nitrogen and oxygen atoms in total. The molecule has 0 radical (unpaired) electrons. The van der Waals surface area contributed by atoms with Crippen LogP contribution in [0.4, 0.5) is 8.78 Å². The molecule has 2 aromatic carbocycles. The summed E-state index contributed by atoms with van der Waals surface area (Å²) >= 11 is 0. The van der Waals surface area contributed by atoms with Crippen LogP contribution in [0.1, 0.15) is 21.6 Å². The van der Waals surface area contributed by atoms with Crippen molar-refractivity contribution in [2.24, 2.45) is 0 Å². The standard InChI is InChI=1S/C19H17F2N3O/c1-13-2-7-17(18(21)12-13)19(25)22-10-8-15-9-11-24(23-15)16-5-3-14(20)4-6-16/h2-7,9,11-12H,8,10H2,1H3,(H,22,25). The predicted molar refractivity (Wildman–Crippen MR) is 90.7 cm³/mol. The number of benzene rings is 2.